The van der Waals surface area contributed by atoms with Crippen LogP contribution in [-0.4, -0.2) is 0 Å². The van der Waals surface area contributed by atoms with Gasteiger partial charge in [0.25, 0.3) is 0 Å². The molecular weight excluding hydrogens is 172 g/mol. The van der Waals surface area contributed by atoms with Gasteiger partial charge in [0.1, 0.15) is 0 Å². The molecule has 1 aromatic rings. The zero-order valence-corrected chi connectivity index (χ0v) is 8.46. The van der Waals surface area contributed by atoms with E-state index in [0.717, 1.165) is 23.5 Å². The summed E-state index contributed by atoms with van der Waals surface area (Å²) in [6, 6.07) is 9.90. The number of para-hydroxylation sites is 1. The number of anilines is 1. The van der Waals surface area contributed by atoms with Gasteiger partial charge in [-0.15, -0.1) is 0 Å². The van der Waals surface area contributed by atoms with Crippen molar-refractivity contribution in [1.82, 2.24) is 0 Å². The zero-order valence-electron chi connectivity index (χ0n) is 8.46. The average molecular weight is 188 g/mol. The van der Waals surface area contributed by atoms with Crippen molar-refractivity contribution in [2.24, 2.45) is 5.73 Å². The fraction of sp³-hybridized carbons (Fsp3) is 0.167. The van der Waals surface area contributed by atoms with E-state index in [2.05, 4.69) is 11.9 Å². The molecule has 0 bridgehead atoms. The molecule has 2 nitrogen and oxygen atoms in total. The first-order valence-electron chi connectivity index (χ1n) is 4.69. The lowest BCUT2D eigenvalue weighted by Crippen LogP contribution is -2.00. The lowest BCUT2D eigenvalue weighted by Gasteiger charge is -2.06. The third-order valence-electron chi connectivity index (χ3n) is 1.85. The monoisotopic (exact) mass is 188 g/mol. The number of allylic oxidation sites excluding steroid dienone is 2. The average Bonchev–Trinajstić information content (AvgIpc) is 2.19. The van der Waals surface area contributed by atoms with Crippen LogP contribution < -0.4 is 11.1 Å². The molecule has 0 saturated heterocycles. The third kappa shape index (κ3) is 3.35. The van der Waals surface area contributed by atoms with Gasteiger partial charge in [-0.2, -0.15) is 0 Å². The highest BCUT2D eigenvalue weighted by Gasteiger charge is 1.92. The molecule has 0 unspecified atom stereocenters. The summed E-state index contributed by atoms with van der Waals surface area (Å²) in [6.07, 6.45) is 2.70. The van der Waals surface area contributed by atoms with Crippen molar-refractivity contribution < 1.29 is 0 Å². The van der Waals surface area contributed by atoms with E-state index in [1.54, 1.807) is 0 Å². The van der Waals surface area contributed by atoms with Crippen molar-refractivity contribution in [2.75, 3.05) is 5.32 Å². The fourth-order valence-electron chi connectivity index (χ4n) is 1.07. The molecule has 1 aromatic carbocycles. The van der Waals surface area contributed by atoms with Gasteiger partial charge in [-0.3, -0.25) is 0 Å². The lowest BCUT2D eigenvalue weighted by molar-refractivity contribution is 1.06. The molecule has 14 heavy (non-hydrogen) atoms. The van der Waals surface area contributed by atoms with Crippen LogP contribution in [0.5, 0.6) is 0 Å². The normalized spacial score (nSPS) is 11.1. The number of hydrogen-bond donors (Lipinski definition) is 2. The van der Waals surface area contributed by atoms with Crippen LogP contribution in [-0.2, 0) is 0 Å². The molecule has 0 saturated carbocycles. The van der Waals surface area contributed by atoms with E-state index in [1.165, 1.54) is 0 Å². The van der Waals surface area contributed by atoms with Gasteiger partial charge in [0.2, 0.25) is 0 Å². The smallest absolute Gasteiger partial charge is 0.0384 e. The number of benzene rings is 1. The highest BCUT2D eigenvalue weighted by atomic mass is 14.9. The summed E-state index contributed by atoms with van der Waals surface area (Å²) in [5.74, 6) is 0. The van der Waals surface area contributed by atoms with E-state index in [9.17, 15) is 0 Å². The van der Waals surface area contributed by atoms with Gasteiger partial charge in [0.15, 0.2) is 0 Å². The van der Waals surface area contributed by atoms with Gasteiger partial charge in [-0.1, -0.05) is 31.7 Å². The molecule has 0 fully saturated rings. The Labute approximate surface area is 85.1 Å². The Balaban J connectivity index is 2.58. The minimum absolute atomic E-state index is 0.815. The minimum atomic E-state index is 0.815. The van der Waals surface area contributed by atoms with Crippen LogP contribution in [0.3, 0.4) is 0 Å². The van der Waals surface area contributed by atoms with Crippen molar-refractivity contribution >= 4 is 5.69 Å². The third-order valence-corrected chi connectivity index (χ3v) is 1.85. The summed E-state index contributed by atoms with van der Waals surface area (Å²) in [5.41, 5.74) is 8.36. The molecule has 1 rings (SSSR count). The quantitative estimate of drug-likeness (QED) is 0.713. The van der Waals surface area contributed by atoms with Gasteiger partial charge in [0, 0.05) is 17.1 Å². The Bertz CT molecular complexity index is 325. The number of nitrogens with one attached hydrogen (secondary N) is 1. The highest BCUT2D eigenvalue weighted by Crippen LogP contribution is 2.09. The van der Waals surface area contributed by atoms with Crippen molar-refractivity contribution in [3.05, 3.63) is 54.4 Å². The summed E-state index contributed by atoms with van der Waals surface area (Å²) in [6.45, 7) is 5.89. The van der Waals surface area contributed by atoms with E-state index in [1.807, 2.05) is 43.3 Å². The minimum Gasteiger partial charge on any atom is -0.402 e. The fourth-order valence-corrected chi connectivity index (χ4v) is 1.07. The molecule has 3 N–H and O–H groups in total. The second-order valence-electron chi connectivity index (χ2n) is 3.09. The van der Waals surface area contributed by atoms with Crippen LogP contribution >= 0.6 is 0 Å². The summed E-state index contributed by atoms with van der Waals surface area (Å²) in [4.78, 5) is 0. The first kappa shape index (κ1) is 10.4. The molecule has 0 aliphatic heterocycles. The number of rotatable bonds is 4. The molecule has 0 spiro atoms. The van der Waals surface area contributed by atoms with Gasteiger partial charge in [0.05, 0.1) is 0 Å². The van der Waals surface area contributed by atoms with Crippen LogP contribution in [0.15, 0.2) is 54.4 Å². The van der Waals surface area contributed by atoms with Crippen molar-refractivity contribution in [1.29, 1.82) is 0 Å². The molecule has 0 atom stereocenters. The first-order chi connectivity index (χ1) is 6.72. The van der Waals surface area contributed by atoms with E-state index >= 15 is 0 Å². The molecule has 0 radical (unpaired) electrons. The molecule has 0 amide bonds. The zero-order chi connectivity index (χ0) is 10.4. The summed E-state index contributed by atoms with van der Waals surface area (Å²) >= 11 is 0. The van der Waals surface area contributed by atoms with E-state index in [4.69, 9.17) is 5.73 Å². The Morgan fingerprint density at radius 1 is 1.43 bits per heavy atom. The molecule has 2 heteroatoms. The van der Waals surface area contributed by atoms with E-state index < -0.39 is 0 Å². The van der Waals surface area contributed by atoms with E-state index in [0.29, 0.717) is 0 Å². The molecule has 0 heterocycles. The second kappa shape index (κ2) is 5.12. The Kier molecular flexibility index (Phi) is 3.80. The van der Waals surface area contributed by atoms with Gasteiger partial charge >= 0.3 is 0 Å². The Morgan fingerprint density at radius 3 is 2.64 bits per heavy atom. The number of nitrogens with two attached hydrogens (primary N) is 1. The predicted molar refractivity (Wildman–Crippen MR) is 61.8 cm³/mol. The Morgan fingerprint density at radius 2 is 2.07 bits per heavy atom. The molecule has 0 aliphatic rings. The number of hydrogen-bond acceptors (Lipinski definition) is 2. The molecule has 74 valence electrons. The van der Waals surface area contributed by atoms with Crippen molar-refractivity contribution in [3.63, 3.8) is 0 Å². The van der Waals surface area contributed by atoms with Crippen LogP contribution in [0.4, 0.5) is 5.69 Å². The Hall–Kier alpha value is -1.70. The molecular formula is C12H16N2. The second-order valence-corrected chi connectivity index (χ2v) is 3.09. The van der Waals surface area contributed by atoms with Crippen molar-refractivity contribution in [2.45, 2.75) is 13.3 Å². The van der Waals surface area contributed by atoms with Crippen LogP contribution in [0.25, 0.3) is 0 Å². The molecule has 0 aliphatic carbocycles. The standard InChI is InChI=1S/C12H16N2/c1-3-11(13)9-10(2)14-12-7-5-4-6-8-12/h4-9,14H,2-3,13H2,1H3/b11-9+. The topological polar surface area (TPSA) is 38.0 Å². The van der Waals surface area contributed by atoms with Crippen LogP contribution in [0.2, 0.25) is 0 Å². The van der Waals surface area contributed by atoms with Crippen molar-refractivity contribution in [3.8, 4) is 0 Å². The predicted octanol–water partition coefficient (Wildman–Crippen LogP) is 2.86. The van der Waals surface area contributed by atoms with E-state index in [-0.39, 0.29) is 0 Å². The SMILES string of the molecule is C=C(/C=C(/N)CC)Nc1ccccc1. The van der Waals surface area contributed by atoms with Gasteiger partial charge in [-0.05, 0) is 24.6 Å². The summed E-state index contributed by atoms with van der Waals surface area (Å²) < 4.78 is 0. The van der Waals surface area contributed by atoms with Gasteiger partial charge < -0.3 is 11.1 Å². The maximum atomic E-state index is 5.69. The molecule has 0 aromatic heterocycles. The maximum absolute atomic E-state index is 5.69. The lowest BCUT2D eigenvalue weighted by atomic mass is 10.2. The van der Waals surface area contributed by atoms with Gasteiger partial charge in [-0.25, -0.2) is 0 Å². The van der Waals surface area contributed by atoms with Crippen LogP contribution in [0, 0.1) is 0 Å². The summed E-state index contributed by atoms with van der Waals surface area (Å²) in [7, 11) is 0. The highest BCUT2D eigenvalue weighted by molar-refractivity contribution is 5.49. The maximum Gasteiger partial charge on any atom is 0.0384 e. The first-order valence-corrected chi connectivity index (χ1v) is 4.69. The largest absolute Gasteiger partial charge is 0.402 e. The summed E-state index contributed by atoms with van der Waals surface area (Å²) in [5, 5.41) is 3.16. The van der Waals surface area contributed by atoms with Crippen LogP contribution in [0.1, 0.15) is 13.3 Å².